The van der Waals surface area contributed by atoms with Crippen LogP contribution in [0.1, 0.15) is 5.56 Å². The minimum atomic E-state index is -3.76. The molecule has 0 N–H and O–H groups in total. The molecule has 2 aliphatic heterocycles. The van der Waals surface area contributed by atoms with Crippen LogP contribution in [-0.4, -0.2) is 54.0 Å². The third kappa shape index (κ3) is 3.51. The summed E-state index contributed by atoms with van der Waals surface area (Å²) in [4.78, 5) is 0.419. The van der Waals surface area contributed by atoms with Crippen LogP contribution < -0.4 is 4.31 Å². The molecule has 0 saturated carbocycles. The molecule has 0 unspecified atom stereocenters. The Morgan fingerprint density at radius 2 is 1.39 bits per heavy atom. The summed E-state index contributed by atoms with van der Waals surface area (Å²) in [5.74, 6) is 0. The lowest BCUT2D eigenvalue weighted by Gasteiger charge is -2.26. The Morgan fingerprint density at radius 1 is 0.710 bits per heavy atom. The van der Waals surface area contributed by atoms with Crippen molar-refractivity contribution in [3.05, 3.63) is 66.2 Å². The minimum absolute atomic E-state index is 0.193. The number of morpholine rings is 1. The monoisotopic (exact) mass is 458 g/mol. The number of anilines is 1. The molecule has 3 aromatic rings. The zero-order chi connectivity index (χ0) is 21.6. The molecule has 0 spiro atoms. The summed E-state index contributed by atoms with van der Waals surface area (Å²) in [5.41, 5.74) is 1.26. The van der Waals surface area contributed by atoms with E-state index in [4.69, 9.17) is 4.74 Å². The van der Waals surface area contributed by atoms with Gasteiger partial charge in [-0.3, -0.25) is 4.31 Å². The van der Waals surface area contributed by atoms with Crippen molar-refractivity contribution in [1.29, 1.82) is 0 Å². The van der Waals surface area contributed by atoms with Gasteiger partial charge in [0.2, 0.25) is 10.0 Å². The lowest BCUT2D eigenvalue weighted by molar-refractivity contribution is 0.0730. The van der Waals surface area contributed by atoms with Crippen molar-refractivity contribution in [3.8, 4) is 0 Å². The highest BCUT2D eigenvalue weighted by molar-refractivity contribution is 7.92. The van der Waals surface area contributed by atoms with Gasteiger partial charge in [0.15, 0.2) is 0 Å². The molecule has 9 heteroatoms. The summed E-state index contributed by atoms with van der Waals surface area (Å²) in [5, 5.41) is 1.83. The second-order valence-electron chi connectivity index (χ2n) is 7.64. The normalized spacial score (nSPS) is 17.7. The van der Waals surface area contributed by atoms with Crippen molar-refractivity contribution < 1.29 is 21.6 Å². The van der Waals surface area contributed by atoms with Gasteiger partial charge in [-0.1, -0.05) is 30.3 Å². The minimum Gasteiger partial charge on any atom is -0.379 e. The third-order valence-electron chi connectivity index (χ3n) is 5.82. The topological polar surface area (TPSA) is 84.0 Å². The zero-order valence-corrected chi connectivity index (χ0v) is 18.4. The number of rotatable bonds is 4. The fourth-order valence-corrected chi connectivity index (χ4v) is 7.15. The Bertz CT molecular complexity index is 1360. The van der Waals surface area contributed by atoms with Crippen LogP contribution in [0.4, 0.5) is 5.69 Å². The average Bonchev–Trinajstić information content (AvgIpc) is 3.23. The van der Waals surface area contributed by atoms with E-state index < -0.39 is 20.0 Å². The van der Waals surface area contributed by atoms with E-state index in [9.17, 15) is 16.8 Å². The highest BCUT2D eigenvalue weighted by Crippen LogP contribution is 2.35. The van der Waals surface area contributed by atoms with Gasteiger partial charge in [0.25, 0.3) is 10.0 Å². The zero-order valence-electron chi connectivity index (χ0n) is 16.8. The number of nitrogens with zero attached hydrogens (tertiary/aromatic N) is 2. The Kier molecular flexibility index (Phi) is 5.01. The molecule has 7 nitrogen and oxygen atoms in total. The number of hydrogen-bond acceptors (Lipinski definition) is 5. The van der Waals surface area contributed by atoms with Crippen molar-refractivity contribution in [2.75, 3.05) is 37.2 Å². The maximum absolute atomic E-state index is 13.4. The molecule has 0 atom stereocenters. The first-order valence-electron chi connectivity index (χ1n) is 10.1. The summed E-state index contributed by atoms with van der Waals surface area (Å²) in [6, 6.07) is 17.4. The lowest BCUT2D eigenvalue weighted by Crippen LogP contribution is -2.40. The Morgan fingerprint density at radius 3 is 2.16 bits per heavy atom. The molecule has 0 amide bonds. The maximum Gasteiger partial charge on any atom is 0.264 e. The molecule has 31 heavy (non-hydrogen) atoms. The molecule has 2 heterocycles. The Hall–Kier alpha value is -2.46. The van der Waals surface area contributed by atoms with Crippen LogP contribution in [0.15, 0.2) is 70.5 Å². The van der Waals surface area contributed by atoms with Gasteiger partial charge in [-0.05, 0) is 53.1 Å². The van der Waals surface area contributed by atoms with Gasteiger partial charge in [0.1, 0.15) is 0 Å². The Balaban J connectivity index is 1.48. The summed E-state index contributed by atoms with van der Waals surface area (Å²) in [6.45, 7) is 1.68. The second kappa shape index (κ2) is 7.59. The summed E-state index contributed by atoms with van der Waals surface area (Å²) in [7, 11) is -7.38. The van der Waals surface area contributed by atoms with E-state index in [0.29, 0.717) is 38.4 Å². The molecule has 3 aromatic carbocycles. The fourth-order valence-electron chi connectivity index (χ4n) is 4.15. The highest BCUT2D eigenvalue weighted by atomic mass is 32.2. The van der Waals surface area contributed by atoms with E-state index in [1.807, 2.05) is 24.3 Å². The van der Waals surface area contributed by atoms with Gasteiger partial charge in [0.05, 0.1) is 28.7 Å². The number of benzene rings is 3. The number of fused-ring (bicyclic) bond motifs is 2. The van der Waals surface area contributed by atoms with Gasteiger partial charge >= 0.3 is 0 Å². The van der Waals surface area contributed by atoms with Crippen LogP contribution in [0.5, 0.6) is 0 Å². The van der Waals surface area contributed by atoms with Crippen LogP contribution in [0.2, 0.25) is 0 Å². The molecule has 0 bridgehead atoms. The van der Waals surface area contributed by atoms with Crippen molar-refractivity contribution >= 4 is 36.5 Å². The van der Waals surface area contributed by atoms with Crippen LogP contribution in [-0.2, 0) is 31.2 Å². The molecule has 2 aliphatic rings. The van der Waals surface area contributed by atoms with E-state index in [1.54, 1.807) is 30.3 Å². The average molecular weight is 459 g/mol. The smallest absolute Gasteiger partial charge is 0.264 e. The van der Waals surface area contributed by atoms with Crippen molar-refractivity contribution in [2.24, 2.45) is 0 Å². The molecular formula is C22H22N2O5S2. The predicted molar refractivity (Wildman–Crippen MR) is 118 cm³/mol. The van der Waals surface area contributed by atoms with E-state index >= 15 is 0 Å². The van der Waals surface area contributed by atoms with Gasteiger partial charge < -0.3 is 4.74 Å². The molecule has 0 aromatic heterocycles. The first kappa shape index (κ1) is 20.4. The first-order chi connectivity index (χ1) is 14.9. The third-order valence-corrected chi connectivity index (χ3v) is 9.52. The molecule has 5 rings (SSSR count). The van der Waals surface area contributed by atoms with Crippen LogP contribution in [0.3, 0.4) is 0 Å². The number of ether oxygens (including phenoxy) is 1. The lowest BCUT2D eigenvalue weighted by atomic mass is 10.1. The largest absolute Gasteiger partial charge is 0.379 e. The number of hydrogen-bond donors (Lipinski definition) is 0. The van der Waals surface area contributed by atoms with Crippen molar-refractivity contribution in [1.82, 2.24) is 4.31 Å². The highest BCUT2D eigenvalue weighted by Gasteiger charge is 2.33. The number of sulfonamides is 2. The van der Waals surface area contributed by atoms with Gasteiger partial charge in [-0.15, -0.1) is 0 Å². The molecule has 1 saturated heterocycles. The standard InChI is InChI=1S/C22H22N2O5S2/c25-30(26,23-11-13-29-14-12-23)20-7-8-22-19(16-20)9-10-24(22)31(27,28)21-6-5-17-3-1-2-4-18(17)15-21/h1-8,15-16H,9-14H2. The Labute approximate surface area is 182 Å². The van der Waals surface area contributed by atoms with Crippen molar-refractivity contribution in [2.45, 2.75) is 16.2 Å². The summed E-state index contributed by atoms with van der Waals surface area (Å²) in [6.07, 6.45) is 0.467. The van der Waals surface area contributed by atoms with Crippen LogP contribution in [0, 0.1) is 0 Å². The molecule has 0 aliphatic carbocycles. The van der Waals surface area contributed by atoms with Crippen LogP contribution in [0.25, 0.3) is 10.8 Å². The summed E-state index contributed by atoms with van der Waals surface area (Å²) >= 11 is 0. The van der Waals surface area contributed by atoms with Gasteiger partial charge in [0, 0.05) is 19.6 Å². The first-order valence-corrected chi connectivity index (χ1v) is 13.0. The molecule has 162 valence electrons. The van der Waals surface area contributed by atoms with Crippen molar-refractivity contribution in [3.63, 3.8) is 0 Å². The molecule has 0 radical (unpaired) electrons. The van der Waals surface area contributed by atoms with Crippen LogP contribution >= 0.6 is 0 Å². The predicted octanol–water partition coefficient (Wildman–Crippen LogP) is 2.61. The van der Waals surface area contributed by atoms with Gasteiger partial charge in [-0.25, -0.2) is 16.8 Å². The second-order valence-corrected chi connectivity index (χ2v) is 11.4. The molecule has 1 fully saturated rings. The van der Waals surface area contributed by atoms with Gasteiger partial charge in [-0.2, -0.15) is 4.31 Å². The fraction of sp³-hybridized carbons (Fsp3) is 0.273. The SMILES string of the molecule is O=S(=O)(c1ccc2c(c1)CCN2S(=O)(=O)c1ccc2ccccc2c1)N1CCOCC1. The van der Waals surface area contributed by atoms with E-state index in [-0.39, 0.29) is 16.3 Å². The van der Waals surface area contributed by atoms with E-state index in [2.05, 4.69) is 0 Å². The van der Waals surface area contributed by atoms with E-state index in [1.165, 1.54) is 14.7 Å². The van der Waals surface area contributed by atoms with E-state index in [0.717, 1.165) is 16.3 Å². The molecular weight excluding hydrogens is 436 g/mol. The summed E-state index contributed by atoms with van der Waals surface area (Å²) < 4.78 is 60.6. The maximum atomic E-state index is 13.4. The quantitative estimate of drug-likeness (QED) is 0.600.